The summed E-state index contributed by atoms with van der Waals surface area (Å²) in [7, 11) is -3.66. The molecule has 1 amide bonds. The molecule has 0 saturated heterocycles. The zero-order valence-corrected chi connectivity index (χ0v) is 15.9. The van der Waals surface area contributed by atoms with E-state index < -0.39 is 16.1 Å². The Bertz CT molecular complexity index is 851. The van der Waals surface area contributed by atoms with Crippen LogP contribution in [-0.2, 0) is 14.8 Å². The van der Waals surface area contributed by atoms with Crippen LogP contribution in [0.2, 0.25) is 5.02 Å². The summed E-state index contributed by atoms with van der Waals surface area (Å²) in [5.41, 5.74) is 2.04. The number of nitrogens with zero attached hydrogens (tertiary/aromatic N) is 1. The second kappa shape index (κ2) is 7.89. The lowest BCUT2D eigenvalue weighted by molar-refractivity contribution is -0.117. The summed E-state index contributed by atoms with van der Waals surface area (Å²) in [6.45, 7) is 3.69. The SMILES string of the molecule is CC[C@@H](C(=O)Nc1cccc(C)c1)N(c1ccc(Cl)cc1)S(C)(=O)=O. The number of hydrogen-bond acceptors (Lipinski definition) is 3. The number of rotatable bonds is 6. The summed E-state index contributed by atoms with van der Waals surface area (Å²) >= 11 is 5.88. The Morgan fingerprint density at radius 3 is 2.36 bits per heavy atom. The van der Waals surface area contributed by atoms with Crippen molar-refractivity contribution >= 4 is 38.9 Å². The molecule has 0 radical (unpaired) electrons. The average Bonchev–Trinajstić information content (AvgIpc) is 2.52. The molecule has 0 fully saturated rings. The van der Waals surface area contributed by atoms with Gasteiger partial charge in [0.05, 0.1) is 11.9 Å². The largest absolute Gasteiger partial charge is 0.324 e. The molecule has 25 heavy (non-hydrogen) atoms. The summed E-state index contributed by atoms with van der Waals surface area (Å²) in [5, 5.41) is 3.29. The molecule has 0 heterocycles. The van der Waals surface area contributed by atoms with Gasteiger partial charge in [0, 0.05) is 10.7 Å². The molecule has 0 saturated carbocycles. The summed E-state index contributed by atoms with van der Waals surface area (Å²) in [6, 6.07) is 12.9. The normalized spacial score (nSPS) is 12.5. The summed E-state index contributed by atoms with van der Waals surface area (Å²) < 4.78 is 25.8. The van der Waals surface area contributed by atoms with Gasteiger partial charge >= 0.3 is 0 Å². The Balaban J connectivity index is 2.36. The Morgan fingerprint density at radius 1 is 1.20 bits per heavy atom. The molecule has 0 spiro atoms. The molecule has 0 bridgehead atoms. The molecular formula is C18H21ClN2O3S. The quantitative estimate of drug-likeness (QED) is 0.828. The number of carbonyl (C=O) groups is 1. The number of benzene rings is 2. The van der Waals surface area contributed by atoms with Crippen LogP contribution in [0.5, 0.6) is 0 Å². The zero-order chi connectivity index (χ0) is 18.6. The highest BCUT2D eigenvalue weighted by Crippen LogP contribution is 2.25. The lowest BCUT2D eigenvalue weighted by Crippen LogP contribution is -2.47. The number of sulfonamides is 1. The van der Waals surface area contributed by atoms with Crippen molar-refractivity contribution in [3.8, 4) is 0 Å². The zero-order valence-electron chi connectivity index (χ0n) is 14.4. The molecule has 1 N–H and O–H groups in total. The molecule has 2 aromatic rings. The molecule has 1 atom stereocenters. The summed E-state index contributed by atoms with van der Waals surface area (Å²) in [6.07, 6.45) is 1.41. The minimum Gasteiger partial charge on any atom is -0.324 e. The predicted molar refractivity (Wildman–Crippen MR) is 103 cm³/mol. The molecular weight excluding hydrogens is 360 g/mol. The van der Waals surface area contributed by atoms with Crippen LogP contribution in [0.3, 0.4) is 0 Å². The van der Waals surface area contributed by atoms with Gasteiger partial charge in [-0.15, -0.1) is 0 Å². The molecule has 0 aliphatic rings. The first-order valence-corrected chi connectivity index (χ1v) is 10.1. The monoisotopic (exact) mass is 380 g/mol. The summed E-state index contributed by atoms with van der Waals surface area (Å²) in [4.78, 5) is 12.7. The van der Waals surface area contributed by atoms with Crippen LogP contribution in [0, 0.1) is 6.92 Å². The first-order chi connectivity index (χ1) is 11.7. The van der Waals surface area contributed by atoms with Gasteiger partial charge in [-0.1, -0.05) is 30.7 Å². The van der Waals surface area contributed by atoms with Crippen molar-refractivity contribution < 1.29 is 13.2 Å². The fourth-order valence-electron chi connectivity index (χ4n) is 2.60. The number of anilines is 2. The van der Waals surface area contributed by atoms with E-state index in [4.69, 9.17) is 11.6 Å². The molecule has 5 nitrogen and oxygen atoms in total. The highest BCUT2D eigenvalue weighted by molar-refractivity contribution is 7.92. The maximum atomic E-state index is 12.7. The first kappa shape index (κ1) is 19.3. The van der Waals surface area contributed by atoms with Gasteiger partial charge in [0.25, 0.3) is 0 Å². The second-order valence-corrected chi connectivity index (χ2v) is 8.11. The van der Waals surface area contributed by atoms with Gasteiger partial charge in [-0.3, -0.25) is 9.10 Å². The van der Waals surface area contributed by atoms with Gasteiger partial charge in [0.1, 0.15) is 6.04 Å². The Labute approximate surface area is 153 Å². The topological polar surface area (TPSA) is 66.5 Å². The van der Waals surface area contributed by atoms with Crippen molar-refractivity contribution in [1.82, 2.24) is 0 Å². The van der Waals surface area contributed by atoms with E-state index in [2.05, 4.69) is 5.32 Å². The number of carbonyl (C=O) groups excluding carboxylic acids is 1. The smallest absolute Gasteiger partial charge is 0.248 e. The van der Waals surface area contributed by atoms with Gasteiger partial charge in [0.15, 0.2) is 0 Å². The standard InChI is InChI=1S/C18H21ClN2O3S/c1-4-17(18(22)20-15-7-5-6-13(2)12-15)21(25(3,23)24)16-10-8-14(19)9-11-16/h5-12,17H,4H2,1-3H3,(H,20,22)/t17-/m0/s1. The van der Waals surface area contributed by atoms with Crippen LogP contribution in [0.15, 0.2) is 48.5 Å². The van der Waals surface area contributed by atoms with Crippen LogP contribution >= 0.6 is 11.6 Å². The van der Waals surface area contributed by atoms with E-state index in [0.29, 0.717) is 22.8 Å². The minimum absolute atomic E-state index is 0.327. The Morgan fingerprint density at radius 2 is 1.84 bits per heavy atom. The van der Waals surface area contributed by atoms with Crippen molar-refractivity contribution in [2.75, 3.05) is 15.9 Å². The first-order valence-electron chi connectivity index (χ1n) is 7.85. The summed E-state index contributed by atoms with van der Waals surface area (Å²) in [5.74, 6) is -0.381. The van der Waals surface area contributed by atoms with E-state index in [-0.39, 0.29) is 5.91 Å². The second-order valence-electron chi connectivity index (χ2n) is 5.82. The molecule has 2 rings (SSSR count). The van der Waals surface area contributed by atoms with Crippen LogP contribution in [0.25, 0.3) is 0 Å². The number of nitrogens with one attached hydrogen (secondary N) is 1. The molecule has 0 unspecified atom stereocenters. The molecule has 0 aromatic heterocycles. The van der Waals surface area contributed by atoms with Crippen LogP contribution in [0.4, 0.5) is 11.4 Å². The van der Waals surface area contributed by atoms with E-state index in [1.165, 1.54) is 0 Å². The van der Waals surface area contributed by atoms with Crippen molar-refractivity contribution in [1.29, 1.82) is 0 Å². The minimum atomic E-state index is -3.66. The van der Waals surface area contributed by atoms with Gasteiger partial charge < -0.3 is 5.32 Å². The number of amides is 1. The highest BCUT2D eigenvalue weighted by Gasteiger charge is 2.31. The van der Waals surface area contributed by atoms with E-state index in [1.807, 2.05) is 25.1 Å². The van der Waals surface area contributed by atoms with Crippen molar-refractivity contribution in [3.05, 3.63) is 59.1 Å². The fourth-order valence-corrected chi connectivity index (χ4v) is 3.93. The van der Waals surface area contributed by atoms with E-state index in [9.17, 15) is 13.2 Å². The third-order valence-electron chi connectivity index (χ3n) is 3.70. The predicted octanol–water partition coefficient (Wildman–Crippen LogP) is 3.83. The third kappa shape index (κ3) is 4.96. The lowest BCUT2D eigenvalue weighted by atomic mass is 10.1. The fraction of sp³-hybridized carbons (Fsp3) is 0.278. The van der Waals surface area contributed by atoms with Gasteiger partial charge in [-0.05, 0) is 55.3 Å². The maximum Gasteiger partial charge on any atom is 0.248 e. The van der Waals surface area contributed by atoms with Crippen LogP contribution in [-0.4, -0.2) is 26.6 Å². The molecule has 0 aliphatic heterocycles. The third-order valence-corrected chi connectivity index (χ3v) is 5.13. The van der Waals surface area contributed by atoms with Gasteiger partial charge in [0.2, 0.25) is 15.9 Å². The lowest BCUT2D eigenvalue weighted by Gasteiger charge is -2.30. The van der Waals surface area contributed by atoms with E-state index >= 15 is 0 Å². The highest BCUT2D eigenvalue weighted by atomic mass is 35.5. The Hall–Kier alpha value is -2.05. The molecule has 7 heteroatoms. The van der Waals surface area contributed by atoms with Crippen molar-refractivity contribution in [3.63, 3.8) is 0 Å². The van der Waals surface area contributed by atoms with Crippen molar-refractivity contribution in [2.45, 2.75) is 26.3 Å². The van der Waals surface area contributed by atoms with Gasteiger partial charge in [-0.25, -0.2) is 8.42 Å². The van der Waals surface area contributed by atoms with Gasteiger partial charge in [-0.2, -0.15) is 0 Å². The van der Waals surface area contributed by atoms with Crippen LogP contribution < -0.4 is 9.62 Å². The van der Waals surface area contributed by atoms with E-state index in [1.54, 1.807) is 37.3 Å². The number of aryl methyl sites for hydroxylation is 1. The van der Waals surface area contributed by atoms with E-state index in [0.717, 1.165) is 16.1 Å². The number of hydrogen-bond donors (Lipinski definition) is 1. The Kier molecular flexibility index (Phi) is 6.08. The maximum absolute atomic E-state index is 12.7. The van der Waals surface area contributed by atoms with Crippen LogP contribution in [0.1, 0.15) is 18.9 Å². The average molecular weight is 381 g/mol. The molecule has 0 aliphatic carbocycles. The molecule has 2 aromatic carbocycles. The molecule has 134 valence electrons. The van der Waals surface area contributed by atoms with Crippen molar-refractivity contribution in [2.24, 2.45) is 0 Å². The number of halogens is 1.